The monoisotopic (exact) mass is 596 g/mol. The molecule has 3 amide bonds. The van der Waals surface area contributed by atoms with E-state index in [1.807, 2.05) is 37.3 Å². The summed E-state index contributed by atoms with van der Waals surface area (Å²) in [5, 5.41) is 2.45. The highest BCUT2D eigenvalue weighted by atomic mass is 79.9. The van der Waals surface area contributed by atoms with Crippen LogP contribution in [0.2, 0.25) is 0 Å². The molecule has 1 heterocycles. The first kappa shape index (κ1) is 27.3. The number of rotatable bonds is 10. The molecule has 3 aromatic rings. The maximum Gasteiger partial charge on any atom is 0.293 e. The first-order valence-electron chi connectivity index (χ1n) is 11.7. The lowest BCUT2D eigenvalue weighted by atomic mass is 10.1. The van der Waals surface area contributed by atoms with Crippen LogP contribution < -0.4 is 19.5 Å². The largest absolute Gasteiger partial charge is 0.493 e. The number of halogens is 1. The zero-order valence-corrected chi connectivity index (χ0v) is 23.1. The van der Waals surface area contributed by atoms with Crippen LogP contribution in [0, 0.1) is 0 Å². The molecule has 3 aromatic carbocycles. The Hall–Kier alpha value is -3.76. The molecule has 196 valence electrons. The number of methoxy groups -OCH3 is 1. The SMILES string of the molecule is CCOc1ccccc1NC(=O)COc1ccc(/C=C2/SC(=O)N(Cc3ccccc3Br)C2=O)cc1OC. The van der Waals surface area contributed by atoms with E-state index in [2.05, 4.69) is 21.2 Å². The number of hydrogen-bond acceptors (Lipinski definition) is 7. The van der Waals surface area contributed by atoms with Crippen LogP contribution in [0.25, 0.3) is 6.08 Å². The van der Waals surface area contributed by atoms with E-state index in [1.54, 1.807) is 42.5 Å². The van der Waals surface area contributed by atoms with Gasteiger partial charge >= 0.3 is 0 Å². The van der Waals surface area contributed by atoms with Gasteiger partial charge in [-0.3, -0.25) is 19.3 Å². The van der Waals surface area contributed by atoms with E-state index < -0.39 is 0 Å². The van der Waals surface area contributed by atoms with Crippen molar-refractivity contribution in [3.8, 4) is 17.2 Å². The Kier molecular flexibility index (Phi) is 9.09. The summed E-state index contributed by atoms with van der Waals surface area (Å²) in [5.41, 5.74) is 2.04. The zero-order chi connectivity index (χ0) is 27.1. The van der Waals surface area contributed by atoms with Gasteiger partial charge in [-0.15, -0.1) is 0 Å². The van der Waals surface area contributed by atoms with Crippen molar-refractivity contribution in [2.24, 2.45) is 0 Å². The van der Waals surface area contributed by atoms with Crippen LogP contribution >= 0.6 is 27.7 Å². The number of hydrogen-bond donors (Lipinski definition) is 1. The van der Waals surface area contributed by atoms with E-state index in [0.717, 1.165) is 21.8 Å². The number of carbonyl (C=O) groups excluding carboxylic acids is 3. The van der Waals surface area contributed by atoms with Crippen LogP contribution in [0.4, 0.5) is 10.5 Å². The van der Waals surface area contributed by atoms with Crippen molar-refractivity contribution in [3.63, 3.8) is 0 Å². The van der Waals surface area contributed by atoms with Crippen molar-refractivity contribution in [1.29, 1.82) is 0 Å². The molecule has 0 unspecified atom stereocenters. The van der Waals surface area contributed by atoms with Crippen molar-refractivity contribution >= 4 is 56.5 Å². The van der Waals surface area contributed by atoms with E-state index >= 15 is 0 Å². The highest BCUT2D eigenvalue weighted by Crippen LogP contribution is 2.36. The lowest BCUT2D eigenvalue weighted by Crippen LogP contribution is -2.27. The molecule has 0 bridgehead atoms. The first-order chi connectivity index (χ1) is 18.4. The number of benzene rings is 3. The summed E-state index contributed by atoms with van der Waals surface area (Å²) in [6.45, 7) is 2.28. The molecule has 0 atom stereocenters. The second kappa shape index (κ2) is 12.7. The first-order valence-corrected chi connectivity index (χ1v) is 13.3. The molecule has 8 nitrogen and oxygen atoms in total. The number of carbonyl (C=O) groups is 3. The molecular weight excluding hydrogens is 572 g/mol. The van der Waals surface area contributed by atoms with Gasteiger partial charge in [0, 0.05) is 4.47 Å². The third-order valence-electron chi connectivity index (χ3n) is 5.47. The van der Waals surface area contributed by atoms with Crippen LogP contribution in [0.3, 0.4) is 0 Å². The topological polar surface area (TPSA) is 94.2 Å². The maximum atomic E-state index is 12.9. The van der Waals surface area contributed by atoms with Gasteiger partial charge in [-0.2, -0.15) is 0 Å². The van der Waals surface area contributed by atoms with Gasteiger partial charge in [0.05, 0.1) is 30.9 Å². The smallest absolute Gasteiger partial charge is 0.293 e. The fourth-order valence-electron chi connectivity index (χ4n) is 3.66. The second-order valence-corrected chi connectivity index (χ2v) is 9.88. The molecule has 1 aliphatic heterocycles. The van der Waals surface area contributed by atoms with Gasteiger partial charge in [0.2, 0.25) is 0 Å². The van der Waals surface area contributed by atoms with Gasteiger partial charge in [-0.1, -0.05) is 52.3 Å². The minimum Gasteiger partial charge on any atom is -0.493 e. The van der Waals surface area contributed by atoms with Crippen molar-refractivity contribution in [1.82, 2.24) is 4.90 Å². The second-order valence-electron chi connectivity index (χ2n) is 8.04. The van der Waals surface area contributed by atoms with Crippen LogP contribution in [-0.2, 0) is 16.1 Å². The Labute approximate surface area is 233 Å². The number of ether oxygens (including phenoxy) is 3. The Morgan fingerprint density at radius 3 is 2.53 bits per heavy atom. The van der Waals surface area contributed by atoms with Gasteiger partial charge in [0.15, 0.2) is 18.1 Å². The number of anilines is 1. The quantitative estimate of drug-likeness (QED) is 0.282. The Balaban J connectivity index is 1.42. The van der Waals surface area contributed by atoms with E-state index in [9.17, 15) is 14.4 Å². The fraction of sp³-hybridized carbons (Fsp3) is 0.179. The van der Waals surface area contributed by atoms with Gasteiger partial charge in [-0.05, 0) is 66.2 Å². The minimum atomic E-state index is -0.362. The number of imide groups is 1. The molecule has 38 heavy (non-hydrogen) atoms. The van der Waals surface area contributed by atoms with Gasteiger partial charge in [-0.25, -0.2) is 0 Å². The van der Waals surface area contributed by atoms with Gasteiger partial charge in [0.25, 0.3) is 17.1 Å². The van der Waals surface area contributed by atoms with Crippen molar-refractivity contribution < 1.29 is 28.6 Å². The Morgan fingerprint density at radius 2 is 1.76 bits per heavy atom. The average molecular weight is 597 g/mol. The molecule has 10 heteroatoms. The highest BCUT2D eigenvalue weighted by molar-refractivity contribution is 9.10. The molecule has 1 fully saturated rings. The van der Waals surface area contributed by atoms with E-state index in [4.69, 9.17) is 14.2 Å². The van der Waals surface area contributed by atoms with Gasteiger partial charge < -0.3 is 19.5 Å². The number of para-hydroxylation sites is 2. The number of amides is 3. The van der Waals surface area contributed by atoms with Crippen LogP contribution in [-0.4, -0.2) is 42.3 Å². The summed E-state index contributed by atoms with van der Waals surface area (Å²) < 4.78 is 17.5. The third-order valence-corrected chi connectivity index (χ3v) is 7.15. The van der Waals surface area contributed by atoms with Crippen molar-refractivity contribution in [2.45, 2.75) is 13.5 Å². The standard InChI is InChI=1S/C28H25BrN2O6S/c1-3-36-22-11-7-6-10-21(22)30-26(32)17-37-23-13-12-18(14-24(23)35-2)15-25-27(33)31(28(34)38-25)16-19-8-4-5-9-20(19)29/h4-15H,3,16-17H2,1-2H3,(H,30,32)/b25-15+. The van der Waals surface area contributed by atoms with E-state index in [1.165, 1.54) is 12.0 Å². The fourth-order valence-corrected chi connectivity index (χ4v) is 4.91. The predicted molar refractivity (Wildman–Crippen MR) is 150 cm³/mol. The molecule has 0 spiro atoms. The summed E-state index contributed by atoms with van der Waals surface area (Å²) in [6.07, 6.45) is 1.63. The van der Waals surface area contributed by atoms with Crippen molar-refractivity contribution in [2.75, 3.05) is 25.6 Å². The third kappa shape index (κ3) is 6.56. The molecule has 4 rings (SSSR count). The Morgan fingerprint density at radius 1 is 1.00 bits per heavy atom. The van der Waals surface area contributed by atoms with Crippen LogP contribution in [0.15, 0.2) is 76.1 Å². The molecule has 0 saturated carbocycles. The zero-order valence-electron chi connectivity index (χ0n) is 20.7. The average Bonchev–Trinajstić information content (AvgIpc) is 3.17. The highest BCUT2D eigenvalue weighted by Gasteiger charge is 2.35. The maximum absolute atomic E-state index is 12.9. The molecule has 1 aliphatic rings. The molecular formula is C28H25BrN2O6S. The molecule has 1 saturated heterocycles. The summed E-state index contributed by atoms with van der Waals surface area (Å²) >= 11 is 4.34. The lowest BCUT2D eigenvalue weighted by Gasteiger charge is -2.14. The summed E-state index contributed by atoms with van der Waals surface area (Å²) in [7, 11) is 1.48. The summed E-state index contributed by atoms with van der Waals surface area (Å²) in [4.78, 5) is 39.5. The molecule has 0 radical (unpaired) electrons. The number of thioether (sulfide) groups is 1. The number of nitrogens with one attached hydrogen (secondary N) is 1. The van der Waals surface area contributed by atoms with Gasteiger partial charge in [0.1, 0.15) is 5.75 Å². The number of nitrogens with zero attached hydrogens (tertiary/aromatic N) is 1. The Bertz CT molecular complexity index is 1390. The molecule has 0 aliphatic carbocycles. The normalized spacial score (nSPS) is 14.1. The van der Waals surface area contributed by atoms with Crippen molar-refractivity contribution in [3.05, 3.63) is 87.2 Å². The summed E-state index contributed by atoms with van der Waals surface area (Å²) in [6, 6.07) is 19.7. The lowest BCUT2D eigenvalue weighted by molar-refractivity contribution is -0.123. The van der Waals surface area contributed by atoms with E-state index in [0.29, 0.717) is 40.0 Å². The predicted octanol–water partition coefficient (Wildman–Crippen LogP) is 6.11. The molecule has 1 N–H and O–H groups in total. The minimum absolute atomic E-state index is 0.177. The van der Waals surface area contributed by atoms with Crippen LogP contribution in [0.5, 0.6) is 17.2 Å². The summed E-state index contributed by atoms with van der Waals surface area (Å²) in [5.74, 6) is 0.598. The molecule has 0 aromatic heterocycles. The van der Waals surface area contributed by atoms with E-state index in [-0.39, 0.29) is 30.2 Å². The van der Waals surface area contributed by atoms with Crippen LogP contribution in [0.1, 0.15) is 18.1 Å².